The van der Waals surface area contributed by atoms with Crippen molar-refractivity contribution in [1.82, 2.24) is 10.6 Å². The SMILES string of the molecule is CC(C)(C)OC(=O)NCCCCC(NC(=O)OCC1c2ccccc2-c2ccccc21)C(=O)OCc1ccc(OCO)cc1. The van der Waals surface area contributed by atoms with Crippen LogP contribution in [0.5, 0.6) is 5.75 Å². The molecule has 1 unspecified atom stereocenters. The van der Waals surface area contributed by atoms with Crippen molar-refractivity contribution in [1.29, 1.82) is 0 Å². The molecule has 44 heavy (non-hydrogen) atoms. The van der Waals surface area contributed by atoms with Crippen LogP contribution in [-0.4, -0.2) is 54.8 Å². The van der Waals surface area contributed by atoms with Gasteiger partial charge in [0.25, 0.3) is 0 Å². The fourth-order valence-electron chi connectivity index (χ4n) is 5.02. The number of nitrogens with one attached hydrogen (secondary N) is 2. The van der Waals surface area contributed by atoms with Gasteiger partial charge in [0.15, 0.2) is 6.79 Å². The van der Waals surface area contributed by atoms with E-state index in [9.17, 15) is 14.4 Å². The zero-order valence-corrected chi connectivity index (χ0v) is 25.3. The first-order chi connectivity index (χ1) is 21.1. The van der Waals surface area contributed by atoms with Crippen LogP contribution in [0, 0.1) is 0 Å². The number of fused-ring (bicyclic) bond motifs is 3. The summed E-state index contributed by atoms with van der Waals surface area (Å²) in [5.41, 5.74) is 4.53. The molecule has 10 heteroatoms. The molecule has 0 saturated heterocycles. The molecule has 0 heterocycles. The summed E-state index contributed by atoms with van der Waals surface area (Å²) in [4.78, 5) is 38.0. The topological polar surface area (TPSA) is 132 Å². The number of aliphatic hydroxyl groups is 1. The Morgan fingerprint density at radius 3 is 2.09 bits per heavy atom. The molecule has 0 fully saturated rings. The van der Waals surface area contributed by atoms with Crippen molar-refractivity contribution in [2.75, 3.05) is 19.9 Å². The van der Waals surface area contributed by atoms with E-state index in [1.54, 1.807) is 45.0 Å². The Morgan fingerprint density at radius 2 is 1.48 bits per heavy atom. The molecule has 3 N–H and O–H groups in total. The maximum atomic E-state index is 13.1. The lowest BCUT2D eigenvalue weighted by molar-refractivity contribution is -0.147. The third-order valence-corrected chi connectivity index (χ3v) is 7.04. The summed E-state index contributed by atoms with van der Waals surface area (Å²) in [6, 6.07) is 21.9. The van der Waals surface area contributed by atoms with Gasteiger partial charge >= 0.3 is 18.2 Å². The van der Waals surface area contributed by atoms with Gasteiger partial charge in [0.2, 0.25) is 0 Å². The Hall–Kier alpha value is -4.57. The number of rotatable bonds is 13. The number of alkyl carbamates (subject to hydrolysis) is 2. The molecule has 0 saturated carbocycles. The van der Waals surface area contributed by atoms with E-state index in [-0.39, 0.29) is 25.6 Å². The predicted octanol–water partition coefficient (Wildman–Crippen LogP) is 5.66. The van der Waals surface area contributed by atoms with E-state index < -0.39 is 36.6 Å². The molecule has 4 rings (SSSR count). The van der Waals surface area contributed by atoms with Gasteiger partial charge in [0.05, 0.1) is 0 Å². The van der Waals surface area contributed by atoms with Crippen LogP contribution < -0.4 is 15.4 Å². The molecule has 1 atom stereocenters. The third kappa shape index (κ3) is 9.21. The first-order valence-electron chi connectivity index (χ1n) is 14.7. The zero-order chi connectivity index (χ0) is 31.5. The molecule has 3 aromatic carbocycles. The van der Waals surface area contributed by atoms with Crippen molar-refractivity contribution in [2.24, 2.45) is 0 Å². The minimum Gasteiger partial charge on any atom is -0.468 e. The number of ether oxygens (including phenoxy) is 4. The normalized spacial score (nSPS) is 12.8. The zero-order valence-electron chi connectivity index (χ0n) is 25.3. The van der Waals surface area contributed by atoms with Crippen LogP contribution in [0.1, 0.15) is 62.6 Å². The molecule has 1 aliphatic carbocycles. The van der Waals surface area contributed by atoms with Crippen molar-refractivity contribution < 1.29 is 38.4 Å². The Kier molecular flexibility index (Phi) is 11.2. The number of hydrogen-bond donors (Lipinski definition) is 3. The maximum absolute atomic E-state index is 13.1. The highest BCUT2D eigenvalue weighted by Crippen LogP contribution is 2.44. The second-order valence-corrected chi connectivity index (χ2v) is 11.5. The van der Waals surface area contributed by atoms with Crippen LogP contribution in [-0.2, 0) is 25.6 Å². The number of hydrogen-bond acceptors (Lipinski definition) is 8. The average Bonchev–Trinajstić information content (AvgIpc) is 3.31. The molecule has 3 aromatic rings. The molecular weight excluding hydrogens is 564 g/mol. The monoisotopic (exact) mass is 604 g/mol. The number of esters is 1. The van der Waals surface area contributed by atoms with Crippen molar-refractivity contribution in [3.05, 3.63) is 89.5 Å². The van der Waals surface area contributed by atoms with Gasteiger partial charge in [-0.3, -0.25) is 0 Å². The molecule has 10 nitrogen and oxygen atoms in total. The second kappa shape index (κ2) is 15.2. The number of benzene rings is 3. The number of unbranched alkanes of at least 4 members (excludes halogenated alkanes) is 1. The van der Waals surface area contributed by atoms with Crippen LogP contribution >= 0.6 is 0 Å². The number of amides is 2. The molecule has 234 valence electrons. The van der Waals surface area contributed by atoms with Gasteiger partial charge in [0, 0.05) is 12.5 Å². The van der Waals surface area contributed by atoms with Crippen LogP contribution in [0.2, 0.25) is 0 Å². The molecule has 0 aliphatic heterocycles. The van der Waals surface area contributed by atoms with Gasteiger partial charge in [-0.1, -0.05) is 60.7 Å². The minimum absolute atomic E-state index is 0.0126. The first-order valence-corrected chi connectivity index (χ1v) is 14.7. The third-order valence-electron chi connectivity index (χ3n) is 7.04. The van der Waals surface area contributed by atoms with E-state index in [0.29, 0.717) is 30.7 Å². The van der Waals surface area contributed by atoms with Gasteiger partial charge in [-0.25, -0.2) is 14.4 Å². The summed E-state index contributed by atoms with van der Waals surface area (Å²) in [5.74, 6) is -0.234. The first kappa shape index (κ1) is 32.3. The number of carbonyl (C=O) groups is 3. The molecular formula is C34H40N2O8. The van der Waals surface area contributed by atoms with Crippen LogP contribution in [0.15, 0.2) is 72.8 Å². The Labute approximate surface area is 257 Å². The highest BCUT2D eigenvalue weighted by molar-refractivity contribution is 5.82. The molecule has 0 spiro atoms. The van der Waals surface area contributed by atoms with E-state index in [2.05, 4.69) is 22.8 Å². The predicted molar refractivity (Wildman–Crippen MR) is 164 cm³/mol. The van der Waals surface area contributed by atoms with E-state index in [1.807, 2.05) is 36.4 Å². The molecule has 1 aliphatic rings. The van der Waals surface area contributed by atoms with Crippen molar-refractivity contribution in [3.63, 3.8) is 0 Å². The van der Waals surface area contributed by atoms with Gasteiger partial charge < -0.3 is 34.7 Å². The largest absolute Gasteiger partial charge is 0.468 e. The summed E-state index contributed by atoms with van der Waals surface area (Å²) in [5, 5.41) is 14.3. The van der Waals surface area contributed by atoms with E-state index in [4.69, 9.17) is 24.1 Å². The average molecular weight is 605 g/mol. The summed E-state index contributed by atoms with van der Waals surface area (Å²) in [6.45, 7) is 5.37. The molecule has 0 aromatic heterocycles. The standard InChI is InChI=1S/C34H40N2O8/c1-34(2,3)44-32(39)35-19-9-8-14-30(31(38)41-20-23-15-17-24(18-16-23)43-22-37)36-33(40)42-21-29-27-12-6-4-10-25(27)26-11-5-7-13-28(26)29/h4-7,10-13,15-18,29-30,37H,8-9,14,19-22H2,1-3H3,(H,35,39)(H,36,40). The van der Waals surface area contributed by atoms with Gasteiger partial charge in [-0.15, -0.1) is 0 Å². The Bertz CT molecular complexity index is 1370. The number of aliphatic hydroxyl groups excluding tert-OH is 1. The van der Waals surface area contributed by atoms with Gasteiger partial charge in [0.1, 0.15) is 30.6 Å². The molecule has 0 radical (unpaired) electrons. The lowest BCUT2D eigenvalue weighted by Crippen LogP contribution is -2.42. The summed E-state index contributed by atoms with van der Waals surface area (Å²) >= 11 is 0. The van der Waals surface area contributed by atoms with Gasteiger partial charge in [-0.2, -0.15) is 0 Å². The Morgan fingerprint density at radius 1 is 0.841 bits per heavy atom. The highest BCUT2D eigenvalue weighted by Gasteiger charge is 2.30. The Balaban J connectivity index is 1.34. The second-order valence-electron chi connectivity index (χ2n) is 11.5. The van der Waals surface area contributed by atoms with Crippen LogP contribution in [0.3, 0.4) is 0 Å². The van der Waals surface area contributed by atoms with E-state index in [1.165, 1.54) is 0 Å². The molecule has 2 amide bonds. The van der Waals surface area contributed by atoms with E-state index in [0.717, 1.165) is 22.3 Å². The van der Waals surface area contributed by atoms with Gasteiger partial charge in [-0.05, 0) is 80.0 Å². The van der Waals surface area contributed by atoms with Crippen LogP contribution in [0.25, 0.3) is 11.1 Å². The van der Waals surface area contributed by atoms with Crippen molar-refractivity contribution >= 4 is 18.2 Å². The van der Waals surface area contributed by atoms with Crippen LogP contribution in [0.4, 0.5) is 9.59 Å². The smallest absolute Gasteiger partial charge is 0.407 e. The quantitative estimate of drug-likeness (QED) is 0.0986. The van der Waals surface area contributed by atoms with Crippen molar-refractivity contribution in [2.45, 2.75) is 64.2 Å². The minimum atomic E-state index is -0.954. The highest BCUT2D eigenvalue weighted by atomic mass is 16.6. The van der Waals surface area contributed by atoms with Crippen molar-refractivity contribution in [3.8, 4) is 16.9 Å². The maximum Gasteiger partial charge on any atom is 0.407 e. The fourth-order valence-corrected chi connectivity index (χ4v) is 5.02. The number of carbonyl (C=O) groups excluding carboxylic acids is 3. The van der Waals surface area contributed by atoms with E-state index >= 15 is 0 Å². The lowest BCUT2D eigenvalue weighted by atomic mass is 9.98. The lowest BCUT2D eigenvalue weighted by Gasteiger charge is -2.20. The molecule has 0 bridgehead atoms. The summed E-state index contributed by atoms with van der Waals surface area (Å²) in [7, 11) is 0. The summed E-state index contributed by atoms with van der Waals surface area (Å²) in [6.07, 6.45) is 0.128. The summed E-state index contributed by atoms with van der Waals surface area (Å²) < 4.78 is 21.4. The fraction of sp³-hybridized carbons (Fsp3) is 0.382.